The highest BCUT2D eigenvalue weighted by atomic mass is 16.7. The fourth-order valence-corrected chi connectivity index (χ4v) is 2.07. The Bertz CT molecular complexity index is 361. The van der Waals surface area contributed by atoms with Crippen LogP contribution in [0.15, 0.2) is 18.2 Å². The average molecular weight is 236 g/mol. The lowest BCUT2D eigenvalue weighted by molar-refractivity contribution is -0.150. The van der Waals surface area contributed by atoms with E-state index in [9.17, 15) is 0 Å². The van der Waals surface area contributed by atoms with Crippen LogP contribution in [-0.2, 0) is 9.47 Å². The van der Waals surface area contributed by atoms with Crippen LogP contribution in [0.25, 0.3) is 0 Å². The molecule has 1 aromatic carbocycles. The lowest BCUT2D eigenvalue weighted by Gasteiger charge is -2.22. The molecule has 0 saturated carbocycles. The van der Waals surface area contributed by atoms with Crippen molar-refractivity contribution in [2.24, 2.45) is 0 Å². The zero-order valence-corrected chi connectivity index (χ0v) is 10.8. The first-order valence-corrected chi connectivity index (χ1v) is 6.06. The van der Waals surface area contributed by atoms with Gasteiger partial charge in [-0.25, -0.2) is 0 Å². The molecule has 1 fully saturated rings. The standard InChI is InChI=1S/C14H20O3/c1-11-8-12(2)10-13(9-11)15-5-4-14(3)16-6-7-17-14/h8-10H,4-7H2,1-3H3. The van der Waals surface area contributed by atoms with Crippen molar-refractivity contribution in [3.63, 3.8) is 0 Å². The molecule has 1 saturated heterocycles. The summed E-state index contributed by atoms with van der Waals surface area (Å²) in [6.07, 6.45) is 0.750. The molecular weight excluding hydrogens is 216 g/mol. The molecule has 2 rings (SSSR count). The molecule has 17 heavy (non-hydrogen) atoms. The predicted octanol–water partition coefficient (Wildman–Crippen LogP) is 2.84. The van der Waals surface area contributed by atoms with E-state index in [1.165, 1.54) is 11.1 Å². The van der Waals surface area contributed by atoms with Gasteiger partial charge in [0.1, 0.15) is 5.75 Å². The Kier molecular flexibility index (Phi) is 3.69. The van der Waals surface area contributed by atoms with Gasteiger partial charge in [0, 0.05) is 6.42 Å². The molecule has 1 aliphatic heterocycles. The van der Waals surface area contributed by atoms with Crippen LogP contribution in [0.2, 0.25) is 0 Å². The van der Waals surface area contributed by atoms with E-state index in [1.807, 2.05) is 19.1 Å². The van der Waals surface area contributed by atoms with Crippen molar-refractivity contribution in [1.29, 1.82) is 0 Å². The summed E-state index contributed by atoms with van der Waals surface area (Å²) in [6, 6.07) is 6.23. The molecule has 0 unspecified atom stereocenters. The molecule has 1 aliphatic rings. The number of hydrogen-bond donors (Lipinski definition) is 0. The maximum Gasteiger partial charge on any atom is 0.168 e. The van der Waals surface area contributed by atoms with Crippen LogP contribution < -0.4 is 4.74 Å². The van der Waals surface area contributed by atoms with E-state index in [2.05, 4.69) is 19.9 Å². The number of aryl methyl sites for hydroxylation is 2. The van der Waals surface area contributed by atoms with E-state index >= 15 is 0 Å². The molecule has 0 radical (unpaired) electrons. The molecule has 0 aromatic heterocycles. The third kappa shape index (κ3) is 3.45. The van der Waals surface area contributed by atoms with Crippen LogP contribution in [0.3, 0.4) is 0 Å². The van der Waals surface area contributed by atoms with E-state index in [-0.39, 0.29) is 0 Å². The Morgan fingerprint density at radius 2 is 1.71 bits per heavy atom. The van der Waals surface area contributed by atoms with Crippen LogP contribution in [0, 0.1) is 13.8 Å². The second-order valence-electron chi connectivity index (χ2n) is 4.75. The summed E-state index contributed by atoms with van der Waals surface area (Å²) in [4.78, 5) is 0. The largest absolute Gasteiger partial charge is 0.493 e. The van der Waals surface area contributed by atoms with E-state index < -0.39 is 5.79 Å². The molecule has 0 aliphatic carbocycles. The van der Waals surface area contributed by atoms with Gasteiger partial charge in [0.25, 0.3) is 0 Å². The molecular formula is C14H20O3. The highest BCUT2D eigenvalue weighted by molar-refractivity contribution is 5.32. The van der Waals surface area contributed by atoms with Gasteiger partial charge in [-0.15, -0.1) is 0 Å². The van der Waals surface area contributed by atoms with Crippen molar-refractivity contribution in [2.45, 2.75) is 33.0 Å². The Morgan fingerprint density at radius 3 is 2.29 bits per heavy atom. The summed E-state index contributed by atoms with van der Waals surface area (Å²) in [5, 5.41) is 0. The number of benzene rings is 1. The van der Waals surface area contributed by atoms with Crippen molar-refractivity contribution in [2.75, 3.05) is 19.8 Å². The minimum absolute atomic E-state index is 0.459. The molecule has 1 heterocycles. The molecule has 3 nitrogen and oxygen atoms in total. The maximum absolute atomic E-state index is 5.73. The molecule has 0 N–H and O–H groups in total. The monoisotopic (exact) mass is 236 g/mol. The highest BCUT2D eigenvalue weighted by Gasteiger charge is 2.30. The van der Waals surface area contributed by atoms with Gasteiger partial charge in [0.2, 0.25) is 0 Å². The van der Waals surface area contributed by atoms with E-state index in [0.717, 1.165) is 12.2 Å². The third-order valence-corrected chi connectivity index (χ3v) is 2.92. The summed E-state index contributed by atoms with van der Waals surface area (Å²) in [6.45, 7) is 8.08. The first-order valence-electron chi connectivity index (χ1n) is 6.06. The smallest absolute Gasteiger partial charge is 0.168 e. The van der Waals surface area contributed by atoms with Crippen molar-refractivity contribution < 1.29 is 14.2 Å². The highest BCUT2D eigenvalue weighted by Crippen LogP contribution is 2.23. The van der Waals surface area contributed by atoms with Gasteiger partial charge in [-0.2, -0.15) is 0 Å². The van der Waals surface area contributed by atoms with Gasteiger partial charge in [-0.05, 0) is 44.0 Å². The Labute approximate surface area is 103 Å². The molecule has 0 atom stereocenters. The predicted molar refractivity (Wildman–Crippen MR) is 66.3 cm³/mol. The second kappa shape index (κ2) is 5.07. The minimum atomic E-state index is -0.459. The van der Waals surface area contributed by atoms with Gasteiger partial charge >= 0.3 is 0 Å². The van der Waals surface area contributed by atoms with Gasteiger partial charge in [0.05, 0.1) is 19.8 Å². The average Bonchev–Trinajstić information content (AvgIpc) is 2.64. The lowest BCUT2D eigenvalue weighted by Crippen LogP contribution is -2.27. The Hall–Kier alpha value is -1.06. The minimum Gasteiger partial charge on any atom is -0.493 e. The lowest BCUT2D eigenvalue weighted by atomic mass is 10.1. The van der Waals surface area contributed by atoms with Gasteiger partial charge in [0.15, 0.2) is 5.79 Å². The topological polar surface area (TPSA) is 27.7 Å². The first kappa shape index (κ1) is 12.4. The normalized spacial score (nSPS) is 18.3. The van der Waals surface area contributed by atoms with Crippen molar-refractivity contribution in [3.8, 4) is 5.75 Å². The van der Waals surface area contributed by atoms with E-state index in [1.54, 1.807) is 0 Å². The molecule has 0 spiro atoms. The summed E-state index contributed by atoms with van der Waals surface area (Å²) in [5.74, 6) is 0.461. The first-order chi connectivity index (χ1) is 8.07. The van der Waals surface area contributed by atoms with Crippen LogP contribution in [0.5, 0.6) is 5.75 Å². The second-order valence-corrected chi connectivity index (χ2v) is 4.75. The number of rotatable bonds is 4. The van der Waals surface area contributed by atoms with E-state index in [0.29, 0.717) is 19.8 Å². The maximum atomic E-state index is 5.73. The summed E-state index contributed by atoms with van der Waals surface area (Å²) < 4.78 is 16.8. The number of hydrogen-bond acceptors (Lipinski definition) is 3. The number of ether oxygens (including phenoxy) is 3. The SMILES string of the molecule is Cc1cc(C)cc(OCCC2(C)OCCO2)c1. The summed E-state index contributed by atoms with van der Waals surface area (Å²) in [5.41, 5.74) is 2.44. The molecule has 3 heteroatoms. The van der Waals surface area contributed by atoms with Crippen LogP contribution in [-0.4, -0.2) is 25.6 Å². The van der Waals surface area contributed by atoms with Gasteiger partial charge in [-0.3, -0.25) is 0 Å². The molecule has 0 bridgehead atoms. The summed E-state index contributed by atoms with van der Waals surface area (Å²) >= 11 is 0. The summed E-state index contributed by atoms with van der Waals surface area (Å²) in [7, 11) is 0. The van der Waals surface area contributed by atoms with Crippen LogP contribution in [0.1, 0.15) is 24.5 Å². The third-order valence-electron chi connectivity index (χ3n) is 2.92. The Morgan fingerprint density at radius 1 is 1.12 bits per heavy atom. The zero-order valence-electron chi connectivity index (χ0n) is 10.8. The van der Waals surface area contributed by atoms with Gasteiger partial charge < -0.3 is 14.2 Å². The molecule has 94 valence electrons. The fraction of sp³-hybridized carbons (Fsp3) is 0.571. The van der Waals surface area contributed by atoms with Crippen LogP contribution >= 0.6 is 0 Å². The molecule has 0 amide bonds. The fourth-order valence-electron chi connectivity index (χ4n) is 2.07. The van der Waals surface area contributed by atoms with E-state index in [4.69, 9.17) is 14.2 Å². The Balaban J connectivity index is 1.85. The van der Waals surface area contributed by atoms with Crippen molar-refractivity contribution >= 4 is 0 Å². The zero-order chi connectivity index (χ0) is 12.3. The van der Waals surface area contributed by atoms with Crippen molar-refractivity contribution in [1.82, 2.24) is 0 Å². The molecule has 1 aromatic rings. The van der Waals surface area contributed by atoms with Crippen molar-refractivity contribution in [3.05, 3.63) is 29.3 Å². The van der Waals surface area contributed by atoms with Crippen LogP contribution in [0.4, 0.5) is 0 Å². The quantitative estimate of drug-likeness (QED) is 0.804. The van der Waals surface area contributed by atoms with Gasteiger partial charge in [-0.1, -0.05) is 6.07 Å².